The van der Waals surface area contributed by atoms with Crippen molar-refractivity contribution in [2.24, 2.45) is 0 Å². The molecule has 0 saturated heterocycles. The van der Waals surface area contributed by atoms with Crippen molar-refractivity contribution >= 4 is 0 Å². The molecule has 0 heterocycles. The summed E-state index contributed by atoms with van der Waals surface area (Å²) in [4.78, 5) is 0. The molecule has 0 N–H and O–H groups in total. The van der Waals surface area contributed by atoms with E-state index in [4.69, 9.17) is 4.74 Å². The minimum absolute atomic E-state index is 0.186. The highest BCUT2D eigenvalue weighted by molar-refractivity contribution is 5.64. The molecule has 0 aliphatic heterocycles. The van der Waals surface area contributed by atoms with E-state index in [-0.39, 0.29) is 5.41 Å². The third-order valence-corrected chi connectivity index (χ3v) is 3.92. The third kappa shape index (κ3) is 3.81. The molecule has 0 fully saturated rings. The second kappa shape index (κ2) is 6.29. The van der Waals surface area contributed by atoms with Gasteiger partial charge in [0.1, 0.15) is 11.5 Å². The maximum absolute atomic E-state index is 5.83. The van der Waals surface area contributed by atoms with Gasteiger partial charge in [-0.1, -0.05) is 75.4 Å². The van der Waals surface area contributed by atoms with E-state index in [1.165, 1.54) is 16.7 Å². The number of benzene rings is 3. The molecule has 0 aliphatic carbocycles. The van der Waals surface area contributed by atoms with Crippen LogP contribution in [0.15, 0.2) is 78.9 Å². The Bertz CT molecular complexity index is 748. The predicted molar refractivity (Wildman–Crippen MR) is 97.1 cm³/mol. The van der Waals surface area contributed by atoms with Crippen LogP contribution in [-0.4, -0.2) is 0 Å². The first-order valence-corrected chi connectivity index (χ1v) is 7.96. The molecule has 3 rings (SSSR count). The van der Waals surface area contributed by atoms with Gasteiger partial charge in [-0.25, -0.2) is 0 Å². The largest absolute Gasteiger partial charge is 0.457 e. The summed E-state index contributed by atoms with van der Waals surface area (Å²) in [5.74, 6) is 1.71. The van der Waals surface area contributed by atoms with Crippen molar-refractivity contribution < 1.29 is 4.74 Å². The Morgan fingerprint density at radius 1 is 0.565 bits per heavy atom. The fourth-order valence-corrected chi connectivity index (χ4v) is 2.50. The first-order chi connectivity index (χ1) is 11.0. The van der Waals surface area contributed by atoms with E-state index in [9.17, 15) is 0 Å². The van der Waals surface area contributed by atoms with Crippen molar-refractivity contribution in [2.45, 2.75) is 26.2 Å². The first-order valence-electron chi connectivity index (χ1n) is 7.96. The zero-order chi connectivity index (χ0) is 16.3. The van der Waals surface area contributed by atoms with Gasteiger partial charge in [0.15, 0.2) is 0 Å². The van der Waals surface area contributed by atoms with Crippen molar-refractivity contribution in [3.05, 3.63) is 84.4 Å². The highest BCUT2D eigenvalue weighted by Crippen LogP contribution is 2.28. The molecular formula is C22H22O. The molecule has 0 aromatic heterocycles. The number of rotatable bonds is 3. The first kappa shape index (κ1) is 15.4. The fourth-order valence-electron chi connectivity index (χ4n) is 2.50. The maximum Gasteiger partial charge on any atom is 0.127 e. The summed E-state index contributed by atoms with van der Waals surface area (Å²) in [6.45, 7) is 6.70. The molecule has 3 aromatic carbocycles. The molecule has 1 nitrogen and oxygen atoms in total. The standard InChI is InChI=1S/C22H22O/c1-22(2,3)19-13-9-17(10-14-19)18-11-15-21(16-12-18)23-20-7-5-4-6-8-20/h4-16H,1-3H3. The molecule has 0 atom stereocenters. The zero-order valence-corrected chi connectivity index (χ0v) is 13.9. The molecule has 0 aliphatic rings. The third-order valence-electron chi connectivity index (χ3n) is 3.92. The van der Waals surface area contributed by atoms with E-state index >= 15 is 0 Å². The molecule has 0 spiro atoms. The van der Waals surface area contributed by atoms with Crippen LogP contribution in [0.5, 0.6) is 11.5 Å². The zero-order valence-electron chi connectivity index (χ0n) is 13.9. The second-order valence-corrected chi connectivity index (χ2v) is 6.77. The van der Waals surface area contributed by atoms with Gasteiger partial charge in [0.25, 0.3) is 0 Å². The predicted octanol–water partition coefficient (Wildman–Crippen LogP) is 6.44. The highest BCUT2D eigenvalue weighted by Gasteiger charge is 2.13. The van der Waals surface area contributed by atoms with Gasteiger partial charge in [-0.05, 0) is 46.4 Å². The SMILES string of the molecule is CC(C)(C)c1ccc(-c2ccc(Oc3ccccc3)cc2)cc1. The van der Waals surface area contributed by atoms with Crippen LogP contribution in [0.1, 0.15) is 26.3 Å². The fraction of sp³-hybridized carbons (Fsp3) is 0.182. The van der Waals surface area contributed by atoms with E-state index in [0.29, 0.717) is 0 Å². The summed E-state index contributed by atoms with van der Waals surface area (Å²) in [5, 5.41) is 0. The number of para-hydroxylation sites is 1. The lowest BCUT2D eigenvalue weighted by atomic mass is 9.86. The van der Waals surface area contributed by atoms with Crippen LogP contribution in [0.3, 0.4) is 0 Å². The van der Waals surface area contributed by atoms with E-state index in [0.717, 1.165) is 11.5 Å². The highest BCUT2D eigenvalue weighted by atomic mass is 16.5. The molecular weight excluding hydrogens is 280 g/mol. The molecule has 0 radical (unpaired) electrons. The number of hydrogen-bond acceptors (Lipinski definition) is 1. The van der Waals surface area contributed by atoms with Crippen LogP contribution in [0.4, 0.5) is 0 Å². The Morgan fingerprint density at radius 2 is 1.04 bits per heavy atom. The Labute approximate surface area is 138 Å². The lowest BCUT2D eigenvalue weighted by Gasteiger charge is -2.19. The van der Waals surface area contributed by atoms with Gasteiger partial charge < -0.3 is 4.74 Å². The molecule has 0 unspecified atom stereocenters. The van der Waals surface area contributed by atoms with Crippen LogP contribution >= 0.6 is 0 Å². The molecule has 0 saturated carbocycles. The van der Waals surface area contributed by atoms with Crippen molar-refractivity contribution in [1.29, 1.82) is 0 Å². The minimum Gasteiger partial charge on any atom is -0.457 e. The molecule has 0 amide bonds. The normalized spacial score (nSPS) is 11.3. The van der Waals surface area contributed by atoms with Crippen molar-refractivity contribution in [1.82, 2.24) is 0 Å². The van der Waals surface area contributed by atoms with Gasteiger partial charge in [0, 0.05) is 0 Å². The van der Waals surface area contributed by atoms with Crippen LogP contribution in [0, 0.1) is 0 Å². The average molecular weight is 302 g/mol. The van der Waals surface area contributed by atoms with Gasteiger partial charge in [-0.3, -0.25) is 0 Å². The number of hydrogen-bond donors (Lipinski definition) is 0. The molecule has 3 aromatic rings. The van der Waals surface area contributed by atoms with E-state index < -0.39 is 0 Å². The van der Waals surface area contributed by atoms with E-state index in [1.54, 1.807) is 0 Å². The Kier molecular flexibility index (Phi) is 4.20. The molecule has 116 valence electrons. The topological polar surface area (TPSA) is 9.23 Å². The van der Waals surface area contributed by atoms with Crippen molar-refractivity contribution in [3.63, 3.8) is 0 Å². The summed E-state index contributed by atoms with van der Waals surface area (Å²) in [7, 11) is 0. The smallest absolute Gasteiger partial charge is 0.127 e. The van der Waals surface area contributed by atoms with Crippen LogP contribution in [0.2, 0.25) is 0 Å². The van der Waals surface area contributed by atoms with E-state index in [1.807, 2.05) is 42.5 Å². The van der Waals surface area contributed by atoms with Gasteiger partial charge in [0.05, 0.1) is 0 Å². The summed E-state index contributed by atoms with van der Waals surface area (Å²) in [5.41, 5.74) is 3.96. The monoisotopic (exact) mass is 302 g/mol. The Balaban J connectivity index is 1.77. The summed E-state index contributed by atoms with van der Waals surface area (Å²) >= 11 is 0. The quantitative estimate of drug-likeness (QED) is 0.540. The average Bonchev–Trinajstić information content (AvgIpc) is 2.56. The lowest BCUT2D eigenvalue weighted by molar-refractivity contribution is 0.483. The Morgan fingerprint density at radius 3 is 1.57 bits per heavy atom. The molecule has 1 heteroatoms. The van der Waals surface area contributed by atoms with Crippen molar-refractivity contribution in [2.75, 3.05) is 0 Å². The van der Waals surface area contributed by atoms with Crippen molar-refractivity contribution in [3.8, 4) is 22.6 Å². The van der Waals surface area contributed by atoms with Crippen LogP contribution in [0.25, 0.3) is 11.1 Å². The van der Waals surface area contributed by atoms with Gasteiger partial charge in [0.2, 0.25) is 0 Å². The summed E-state index contributed by atoms with van der Waals surface area (Å²) in [6, 6.07) is 26.9. The second-order valence-electron chi connectivity index (χ2n) is 6.77. The summed E-state index contributed by atoms with van der Waals surface area (Å²) in [6.07, 6.45) is 0. The van der Waals surface area contributed by atoms with Crippen LogP contribution in [-0.2, 0) is 5.41 Å². The molecule has 0 bridgehead atoms. The van der Waals surface area contributed by atoms with Gasteiger partial charge >= 0.3 is 0 Å². The molecule has 23 heavy (non-hydrogen) atoms. The number of ether oxygens (including phenoxy) is 1. The lowest BCUT2D eigenvalue weighted by Crippen LogP contribution is -2.10. The summed E-state index contributed by atoms with van der Waals surface area (Å²) < 4.78 is 5.83. The van der Waals surface area contributed by atoms with Crippen LogP contribution < -0.4 is 4.74 Å². The van der Waals surface area contributed by atoms with E-state index in [2.05, 4.69) is 57.2 Å². The Hall–Kier alpha value is -2.54. The maximum atomic E-state index is 5.83. The van der Waals surface area contributed by atoms with Gasteiger partial charge in [-0.15, -0.1) is 0 Å². The minimum atomic E-state index is 0.186. The van der Waals surface area contributed by atoms with Gasteiger partial charge in [-0.2, -0.15) is 0 Å².